The van der Waals surface area contributed by atoms with E-state index in [2.05, 4.69) is 30.6 Å². The Morgan fingerprint density at radius 3 is 1.91 bits per heavy atom. The summed E-state index contributed by atoms with van der Waals surface area (Å²) in [6, 6.07) is 0.646. The lowest BCUT2D eigenvalue weighted by atomic mass is 9.84. The van der Waals surface area contributed by atoms with Gasteiger partial charge in [-0.3, -0.25) is 0 Å². The highest BCUT2D eigenvalue weighted by Crippen LogP contribution is 2.29. The molecule has 0 aromatic carbocycles. The van der Waals surface area contributed by atoms with Crippen LogP contribution in [0.25, 0.3) is 0 Å². The van der Waals surface area contributed by atoms with E-state index in [-0.39, 0.29) is 6.10 Å². The van der Waals surface area contributed by atoms with Crippen LogP contribution < -0.4 is 0 Å². The lowest BCUT2D eigenvalue weighted by Crippen LogP contribution is -2.39. The molecule has 3 fully saturated rings. The van der Waals surface area contributed by atoms with E-state index < -0.39 is 0 Å². The summed E-state index contributed by atoms with van der Waals surface area (Å²) >= 11 is 0. The molecule has 3 rings (SSSR count). The maximum atomic E-state index is 9.18. The first-order valence-electron chi connectivity index (χ1n) is 10.2. The summed E-state index contributed by atoms with van der Waals surface area (Å²) in [6.45, 7) is 13.1. The highest BCUT2D eigenvalue weighted by atomic mass is 16.3. The average Bonchev–Trinajstić information content (AvgIpc) is 2.52. The molecule has 2 saturated heterocycles. The van der Waals surface area contributed by atoms with Crippen LogP contribution in [0.15, 0.2) is 0 Å². The fourth-order valence-electron chi connectivity index (χ4n) is 4.02. The van der Waals surface area contributed by atoms with Crippen LogP contribution in [0.1, 0.15) is 72.1 Å². The van der Waals surface area contributed by atoms with Crippen molar-refractivity contribution in [2.45, 2.75) is 84.3 Å². The fourth-order valence-corrected chi connectivity index (χ4v) is 4.02. The predicted octanol–water partition coefficient (Wildman–Crippen LogP) is 3.76. The van der Waals surface area contributed by atoms with Gasteiger partial charge in [0.2, 0.25) is 0 Å². The number of aliphatic hydroxyl groups excluding tert-OH is 1. The standard InChI is InChI=1S/C12H23N.C8H17NO/c1-2-11-6-8-13(9-7-11)10-12-4-3-5-12;1-7(2)9-5-3-8(10)4-6-9/h11-12H,2-10H2,1H3;7-8,10H,3-6H2,1-2H3. The molecule has 0 aromatic rings. The molecule has 3 heteroatoms. The first-order chi connectivity index (χ1) is 11.1. The molecule has 3 nitrogen and oxygen atoms in total. The van der Waals surface area contributed by atoms with E-state index >= 15 is 0 Å². The summed E-state index contributed by atoms with van der Waals surface area (Å²) in [7, 11) is 0. The van der Waals surface area contributed by atoms with E-state index in [1.807, 2.05) is 0 Å². The molecular formula is C20H40N2O. The van der Waals surface area contributed by atoms with Gasteiger partial charge in [-0.2, -0.15) is 0 Å². The molecule has 0 bridgehead atoms. The molecule has 1 saturated carbocycles. The number of piperidine rings is 2. The van der Waals surface area contributed by atoms with Gasteiger partial charge in [0.05, 0.1) is 6.10 Å². The zero-order chi connectivity index (χ0) is 16.7. The molecule has 1 aliphatic carbocycles. The topological polar surface area (TPSA) is 26.7 Å². The van der Waals surface area contributed by atoms with Gasteiger partial charge in [-0.15, -0.1) is 0 Å². The third-order valence-corrected chi connectivity index (χ3v) is 6.26. The number of hydrogen-bond donors (Lipinski definition) is 1. The van der Waals surface area contributed by atoms with Gasteiger partial charge < -0.3 is 14.9 Å². The minimum Gasteiger partial charge on any atom is -0.393 e. The largest absolute Gasteiger partial charge is 0.393 e. The van der Waals surface area contributed by atoms with E-state index in [0.717, 1.165) is 37.8 Å². The smallest absolute Gasteiger partial charge is 0.0564 e. The van der Waals surface area contributed by atoms with Crippen molar-refractivity contribution in [1.82, 2.24) is 9.80 Å². The summed E-state index contributed by atoms with van der Waals surface area (Å²) in [4.78, 5) is 5.11. The third-order valence-electron chi connectivity index (χ3n) is 6.26. The van der Waals surface area contributed by atoms with E-state index in [0.29, 0.717) is 6.04 Å². The van der Waals surface area contributed by atoms with Gasteiger partial charge in [-0.1, -0.05) is 19.8 Å². The second-order valence-electron chi connectivity index (χ2n) is 8.31. The monoisotopic (exact) mass is 324 g/mol. The quantitative estimate of drug-likeness (QED) is 0.853. The predicted molar refractivity (Wildman–Crippen MR) is 98.7 cm³/mol. The summed E-state index contributed by atoms with van der Waals surface area (Å²) in [6.07, 6.45) is 10.7. The van der Waals surface area contributed by atoms with E-state index in [1.54, 1.807) is 0 Å². The summed E-state index contributed by atoms with van der Waals surface area (Å²) in [5, 5.41) is 9.18. The molecule has 0 radical (unpaired) electrons. The SMILES string of the molecule is CC(C)N1CCC(O)CC1.CCC1CCN(CC2CCC2)CC1. The second-order valence-corrected chi connectivity index (χ2v) is 8.31. The van der Waals surface area contributed by atoms with Gasteiger partial charge in [-0.05, 0) is 77.3 Å². The molecular weight excluding hydrogens is 284 g/mol. The molecule has 2 aliphatic heterocycles. The van der Waals surface area contributed by atoms with Crippen LogP contribution >= 0.6 is 0 Å². The van der Waals surface area contributed by atoms with Crippen LogP contribution in [0, 0.1) is 11.8 Å². The van der Waals surface area contributed by atoms with Crippen LogP contribution in [0.3, 0.4) is 0 Å². The van der Waals surface area contributed by atoms with Crippen molar-refractivity contribution in [2.75, 3.05) is 32.7 Å². The van der Waals surface area contributed by atoms with Crippen LogP contribution in [-0.4, -0.2) is 59.8 Å². The third kappa shape index (κ3) is 6.72. The number of nitrogens with zero attached hydrogens (tertiary/aromatic N) is 2. The Morgan fingerprint density at radius 2 is 1.48 bits per heavy atom. The van der Waals surface area contributed by atoms with Gasteiger partial charge in [0.15, 0.2) is 0 Å². The number of likely N-dealkylation sites (tertiary alicyclic amines) is 2. The van der Waals surface area contributed by atoms with Gasteiger partial charge >= 0.3 is 0 Å². The number of rotatable bonds is 4. The Labute approximate surface area is 144 Å². The van der Waals surface area contributed by atoms with Crippen LogP contribution in [0.2, 0.25) is 0 Å². The Hall–Kier alpha value is -0.120. The fraction of sp³-hybridized carbons (Fsp3) is 1.00. The molecule has 23 heavy (non-hydrogen) atoms. The summed E-state index contributed by atoms with van der Waals surface area (Å²) in [5.74, 6) is 2.11. The molecule has 0 aromatic heterocycles. The van der Waals surface area contributed by atoms with Crippen molar-refractivity contribution in [3.05, 3.63) is 0 Å². The highest BCUT2D eigenvalue weighted by molar-refractivity contribution is 4.77. The Kier molecular flexibility index (Phi) is 8.35. The van der Waals surface area contributed by atoms with Gasteiger partial charge in [0.25, 0.3) is 0 Å². The molecule has 0 spiro atoms. The van der Waals surface area contributed by atoms with E-state index in [9.17, 15) is 5.11 Å². The van der Waals surface area contributed by atoms with Gasteiger partial charge in [0, 0.05) is 25.7 Å². The maximum Gasteiger partial charge on any atom is 0.0564 e. The molecule has 136 valence electrons. The van der Waals surface area contributed by atoms with Crippen LogP contribution in [0.5, 0.6) is 0 Å². The highest BCUT2D eigenvalue weighted by Gasteiger charge is 2.23. The average molecular weight is 325 g/mol. The Morgan fingerprint density at radius 1 is 0.870 bits per heavy atom. The van der Waals surface area contributed by atoms with Crippen molar-refractivity contribution in [1.29, 1.82) is 0 Å². The zero-order valence-electron chi connectivity index (χ0n) is 15.8. The number of aliphatic hydroxyl groups is 1. The molecule has 0 unspecified atom stereocenters. The maximum absolute atomic E-state index is 9.18. The molecule has 2 heterocycles. The molecule has 1 N–H and O–H groups in total. The minimum atomic E-state index is -0.0324. The van der Waals surface area contributed by atoms with Crippen LogP contribution in [0.4, 0.5) is 0 Å². The van der Waals surface area contributed by atoms with Crippen molar-refractivity contribution < 1.29 is 5.11 Å². The van der Waals surface area contributed by atoms with Crippen molar-refractivity contribution in [2.24, 2.45) is 11.8 Å². The first-order valence-corrected chi connectivity index (χ1v) is 10.2. The lowest BCUT2D eigenvalue weighted by molar-refractivity contribution is 0.0685. The normalized spacial score (nSPS) is 26.0. The van der Waals surface area contributed by atoms with Gasteiger partial charge in [-0.25, -0.2) is 0 Å². The van der Waals surface area contributed by atoms with Crippen molar-refractivity contribution in [3.8, 4) is 0 Å². The summed E-state index contributed by atoms with van der Waals surface area (Å²) < 4.78 is 0. The Bertz CT molecular complexity index is 301. The molecule has 3 aliphatic rings. The first kappa shape index (κ1) is 19.2. The van der Waals surface area contributed by atoms with Crippen molar-refractivity contribution >= 4 is 0 Å². The summed E-state index contributed by atoms with van der Waals surface area (Å²) in [5.41, 5.74) is 0. The lowest BCUT2D eigenvalue weighted by Gasteiger charge is -2.36. The van der Waals surface area contributed by atoms with E-state index in [4.69, 9.17) is 0 Å². The zero-order valence-corrected chi connectivity index (χ0v) is 15.8. The molecule has 0 amide bonds. The van der Waals surface area contributed by atoms with E-state index in [1.165, 1.54) is 58.2 Å². The van der Waals surface area contributed by atoms with Crippen LogP contribution in [-0.2, 0) is 0 Å². The second kappa shape index (κ2) is 10.0. The minimum absolute atomic E-state index is 0.0324. The number of hydrogen-bond acceptors (Lipinski definition) is 3. The Balaban J connectivity index is 0.000000174. The molecule has 0 atom stereocenters. The van der Waals surface area contributed by atoms with Crippen molar-refractivity contribution in [3.63, 3.8) is 0 Å². The van der Waals surface area contributed by atoms with Gasteiger partial charge in [0.1, 0.15) is 0 Å².